The van der Waals surface area contributed by atoms with Gasteiger partial charge in [0.1, 0.15) is 11.6 Å². The number of carbonyl (C=O) groups is 1. The zero-order valence-electron chi connectivity index (χ0n) is 12.6. The third-order valence-electron chi connectivity index (χ3n) is 3.04. The molecule has 0 aliphatic heterocycles. The predicted octanol–water partition coefficient (Wildman–Crippen LogP) is 4.39. The number of amides is 2. The molecule has 1 N–H and O–H groups in total. The highest BCUT2D eigenvalue weighted by Crippen LogP contribution is 2.23. The van der Waals surface area contributed by atoms with Crippen molar-refractivity contribution >= 4 is 11.7 Å². The Morgan fingerprint density at radius 1 is 1.12 bits per heavy atom. The Labute approximate surface area is 135 Å². The Hall–Kier alpha value is -2.77. The fourth-order valence-electron chi connectivity index (χ4n) is 1.92. The van der Waals surface area contributed by atoms with E-state index in [9.17, 15) is 22.4 Å². The molecule has 0 bridgehead atoms. The highest BCUT2D eigenvalue weighted by molar-refractivity contribution is 5.89. The maximum Gasteiger partial charge on any atom is 0.573 e. The summed E-state index contributed by atoms with van der Waals surface area (Å²) in [5.74, 6) is -0.905. The summed E-state index contributed by atoms with van der Waals surface area (Å²) in [6.07, 6.45) is -4.75. The Balaban J connectivity index is 1.95. The molecule has 0 unspecified atom stereocenters. The van der Waals surface area contributed by atoms with Crippen LogP contribution < -0.4 is 10.1 Å². The highest BCUT2D eigenvalue weighted by atomic mass is 19.4. The van der Waals surface area contributed by atoms with Gasteiger partial charge in [-0.1, -0.05) is 24.3 Å². The lowest BCUT2D eigenvalue weighted by Gasteiger charge is -2.18. The molecule has 0 radical (unpaired) electrons. The molecule has 2 aromatic rings. The van der Waals surface area contributed by atoms with E-state index in [2.05, 4.69) is 10.1 Å². The number of anilines is 1. The van der Waals surface area contributed by atoms with Crippen LogP contribution in [0.1, 0.15) is 5.56 Å². The molecule has 0 fully saturated rings. The van der Waals surface area contributed by atoms with E-state index < -0.39 is 18.2 Å². The van der Waals surface area contributed by atoms with Crippen LogP contribution in [0, 0.1) is 5.82 Å². The summed E-state index contributed by atoms with van der Waals surface area (Å²) in [6, 6.07) is 10.3. The lowest BCUT2D eigenvalue weighted by Crippen LogP contribution is -2.31. The molecule has 0 heterocycles. The van der Waals surface area contributed by atoms with E-state index in [1.165, 1.54) is 42.3 Å². The minimum absolute atomic E-state index is 0.0447. The van der Waals surface area contributed by atoms with Gasteiger partial charge in [0.15, 0.2) is 0 Å². The zero-order valence-corrected chi connectivity index (χ0v) is 12.6. The van der Waals surface area contributed by atoms with Crippen LogP contribution in [0.25, 0.3) is 0 Å². The Morgan fingerprint density at radius 3 is 2.33 bits per heavy atom. The van der Waals surface area contributed by atoms with Crippen molar-refractivity contribution in [3.05, 3.63) is 59.9 Å². The van der Waals surface area contributed by atoms with Crippen molar-refractivity contribution in [1.82, 2.24) is 4.90 Å². The number of carbonyl (C=O) groups excluding carboxylic acids is 1. The van der Waals surface area contributed by atoms with Crippen molar-refractivity contribution < 1.29 is 27.1 Å². The van der Waals surface area contributed by atoms with Crippen LogP contribution in [0.3, 0.4) is 0 Å². The van der Waals surface area contributed by atoms with Crippen LogP contribution in [0.2, 0.25) is 0 Å². The van der Waals surface area contributed by atoms with Gasteiger partial charge in [-0.3, -0.25) is 0 Å². The number of halogens is 4. The second kappa shape index (κ2) is 7.20. The van der Waals surface area contributed by atoms with E-state index in [4.69, 9.17) is 0 Å². The van der Waals surface area contributed by atoms with Crippen molar-refractivity contribution in [2.75, 3.05) is 12.4 Å². The molecule has 24 heavy (non-hydrogen) atoms. The number of alkyl halides is 3. The average molecular weight is 342 g/mol. The van der Waals surface area contributed by atoms with Gasteiger partial charge < -0.3 is 15.0 Å². The molecule has 0 atom stereocenters. The number of para-hydroxylation sites is 1. The fourth-order valence-corrected chi connectivity index (χ4v) is 1.92. The molecule has 0 saturated heterocycles. The number of hydrogen-bond acceptors (Lipinski definition) is 2. The van der Waals surface area contributed by atoms with Gasteiger partial charge in [-0.05, 0) is 29.8 Å². The highest BCUT2D eigenvalue weighted by Gasteiger charge is 2.30. The van der Waals surface area contributed by atoms with Crippen LogP contribution in [-0.4, -0.2) is 24.3 Å². The second-order valence-corrected chi connectivity index (χ2v) is 4.96. The van der Waals surface area contributed by atoms with Crippen molar-refractivity contribution in [2.24, 2.45) is 0 Å². The van der Waals surface area contributed by atoms with Crippen LogP contribution in [-0.2, 0) is 6.54 Å². The molecule has 2 aromatic carbocycles. The van der Waals surface area contributed by atoms with Crippen LogP contribution in [0.15, 0.2) is 48.5 Å². The van der Waals surface area contributed by atoms with E-state index in [1.54, 1.807) is 6.07 Å². The summed E-state index contributed by atoms with van der Waals surface area (Å²) < 4.78 is 53.5. The third kappa shape index (κ3) is 5.15. The number of hydrogen-bond donors (Lipinski definition) is 1. The maximum absolute atomic E-state index is 13.5. The second-order valence-electron chi connectivity index (χ2n) is 4.96. The molecule has 0 aromatic heterocycles. The number of nitrogens with zero attached hydrogens (tertiary/aromatic N) is 1. The first-order valence-electron chi connectivity index (χ1n) is 6.86. The maximum atomic E-state index is 13.5. The van der Waals surface area contributed by atoms with Gasteiger partial charge in [0.05, 0.1) is 5.69 Å². The molecule has 0 aliphatic rings. The number of urea groups is 1. The van der Waals surface area contributed by atoms with E-state index in [1.807, 2.05) is 0 Å². The smallest absolute Gasteiger partial charge is 0.406 e. The minimum atomic E-state index is -4.75. The topological polar surface area (TPSA) is 41.6 Å². The number of benzene rings is 2. The van der Waals surface area contributed by atoms with Crippen molar-refractivity contribution in [3.8, 4) is 5.75 Å². The lowest BCUT2D eigenvalue weighted by atomic mass is 10.2. The average Bonchev–Trinajstić information content (AvgIpc) is 2.50. The summed E-state index contributed by atoms with van der Waals surface area (Å²) >= 11 is 0. The fraction of sp³-hybridized carbons (Fsp3) is 0.188. The van der Waals surface area contributed by atoms with Gasteiger partial charge in [0, 0.05) is 13.6 Å². The molecule has 8 heteroatoms. The summed E-state index contributed by atoms with van der Waals surface area (Å²) in [6.45, 7) is 0.132. The molecule has 2 rings (SSSR count). The molecular weight excluding hydrogens is 328 g/mol. The van der Waals surface area contributed by atoms with Gasteiger partial charge in [-0.2, -0.15) is 0 Å². The molecule has 2 amide bonds. The molecule has 0 aliphatic carbocycles. The summed E-state index contributed by atoms with van der Waals surface area (Å²) in [7, 11) is 1.48. The monoisotopic (exact) mass is 342 g/mol. The van der Waals surface area contributed by atoms with Gasteiger partial charge in [-0.15, -0.1) is 13.2 Å². The zero-order chi connectivity index (χ0) is 17.7. The first kappa shape index (κ1) is 17.6. The minimum Gasteiger partial charge on any atom is -0.406 e. The largest absolute Gasteiger partial charge is 0.573 e. The summed E-state index contributed by atoms with van der Waals surface area (Å²) in [5.41, 5.74) is 0.638. The van der Waals surface area contributed by atoms with Gasteiger partial charge in [-0.25, -0.2) is 9.18 Å². The van der Waals surface area contributed by atoms with Gasteiger partial charge in [0.2, 0.25) is 0 Å². The Bertz CT molecular complexity index is 702. The van der Waals surface area contributed by atoms with E-state index in [0.717, 1.165) is 12.1 Å². The predicted molar refractivity (Wildman–Crippen MR) is 80.0 cm³/mol. The van der Waals surface area contributed by atoms with Crippen molar-refractivity contribution in [3.63, 3.8) is 0 Å². The Kier molecular flexibility index (Phi) is 5.28. The SMILES string of the molecule is CN(Cc1ccc(OC(F)(F)F)cc1)C(=O)Nc1ccccc1F. The first-order chi connectivity index (χ1) is 11.2. The van der Waals surface area contributed by atoms with Gasteiger partial charge in [0.25, 0.3) is 0 Å². The van der Waals surface area contributed by atoms with E-state index in [-0.39, 0.29) is 18.0 Å². The number of nitrogens with one attached hydrogen (secondary N) is 1. The van der Waals surface area contributed by atoms with Crippen LogP contribution in [0.5, 0.6) is 5.75 Å². The molecule has 4 nitrogen and oxygen atoms in total. The summed E-state index contributed by atoms with van der Waals surface area (Å²) in [5, 5.41) is 2.41. The number of ether oxygens (including phenoxy) is 1. The van der Waals surface area contributed by atoms with E-state index in [0.29, 0.717) is 5.56 Å². The standard InChI is InChI=1S/C16H14F4N2O2/c1-22(15(23)21-14-5-3-2-4-13(14)17)10-11-6-8-12(9-7-11)24-16(18,19)20/h2-9H,10H2,1H3,(H,21,23). The Morgan fingerprint density at radius 2 is 1.75 bits per heavy atom. The molecule has 0 spiro atoms. The van der Waals surface area contributed by atoms with Crippen LogP contribution in [0.4, 0.5) is 28.0 Å². The molecular formula is C16H14F4N2O2. The quantitative estimate of drug-likeness (QED) is 0.838. The molecule has 128 valence electrons. The first-order valence-corrected chi connectivity index (χ1v) is 6.86. The lowest BCUT2D eigenvalue weighted by molar-refractivity contribution is -0.274. The molecule has 0 saturated carbocycles. The summed E-state index contributed by atoms with van der Waals surface area (Å²) in [4.78, 5) is 13.3. The van der Waals surface area contributed by atoms with E-state index >= 15 is 0 Å². The van der Waals surface area contributed by atoms with Crippen molar-refractivity contribution in [2.45, 2.75) is 12.9 Å². The normalized spacial score (nSPS) is 11.0. The van der Waals surface area contributed by atoms with Crippen molar-refractivity contribution in [1.29, 1.82) is 0 Å². The number of rotatable bonds is 4. The van der Waals surface area contributed by atoms with Gasteiger partial charge >= 0.3 is 12.4 Å². The van der Waals surface area contributed by atoms with Crippen LogP contribution >= 0.6 is 0 Å². The third-order valence-corrected chi connectivity index (χ3v) is 3.04.